The maximum atomic E-state index is 12.3. The van der Waals surface area contributed by atoms with Gasteiger partial charge in [-0.25, -0.2) is 13.2 Å². The zero-order valence-corrected chi connectivity index (χ0v) is 16.6. The van der Waals surface area contributed by atoms with Gasteiger partial charge in [0.2, 0.25) is 0 Å². The summed E-state index contributed by atoms with van der Waals surface area (Å²) in [6.07, 6.45) is -0.572. The van der Waals surface area contributed by atoms with E-state index in [0.717, 1.165) is 11.3 Å². The predicted molar refractivity (Wildman–Crippen MR) is 101 cm³/mol. The highest BCUT2D eigenvalue weighted by atomic mass is 35.5. The van der Waals surface area contributed by atoms with Gasteiger partial charge in [0.1, 0.15) is 9.81 Å². The number of nitrogens with one attached hydrogen (secondary N) is 2. The molecule has 1 aromatic heterocycles. The summed E-state index contributed by atoms with van der Waals surface area (Å²) >= 11 is 6.76. The molecule has 6 nitrogen and oxygen atoms in total. The van der Waals surface area contributed by atoms with E-state index in [4.69, 9.17) is 16.3 Å². The second kappa shape index (κ2) is 7.23. The Morgan fingerprint density at radius 2 is 1.88 bits per heavy atom. The molecule has 0 aliphatic rings. The average molecular weight is 403 g/mol. The van der Waals surface area contributed by atoms with Crippen molar-refractivity contribution in [2.45, 2.75) is 37.5 Å². The Labute approximate surface area is 156 Å². The molecule has 0 bridgehead atoms. The van der Waals surface area contributed by atoms with Crippen LogP contribution in [0.15, 0.2) is 34.5 Å². The largest absolute Gasteiger partial charge is 0.444 e. The minimum atomic E-state index is -3.70. The highest BCUT2D eigenvalue weighted by Crippen LogP contribution is 2.28. The Morgan fingerprint density at radius 1 is 1.20 bits per heavy atom. The van der Waals surface area contributed by atoms with Gasteiger partial charge in [-0.1, -0.05) is 11.6 Å². The lowest BCUT2D eigenvalue weighted by atomic mass is 10.2. The van der Waals surface area contributed by atoms with E-state index in [1.165, 1.54) is 12.1 Å². The Kier molecular flexibility index (Phi) is 5.65. The van der Waals surface area contributed by atoms with Gasteiger partial charge >= 0.3 is 6.09 Å². The van der Waals surface area contributed by atoms with Crippen LogP contribution < -0.4 is 10.0 Å². The van der Waals surface area contributed by atoms with Crippen molar-refractivity contribution in [2.24, 2.45) is 0 Å². The van der Waals surface area contributed by atoms with E-state index in [1.807, 2.05) is 0 Å². The van der Waals surface area contributed by atoms with Gasteiger partial charge in [0.15, 0.2) is 0 Å². The fraction of sp³-hybridized carbons (Fsp3) is 0.312. The molecule has 1 aromatic carbocycles. The van der Waals surface area contributed by atoms with Crippen LogP contribution in [0.4, 0.5) is 16.2 Å². The zero-order chi connectivity index (χ0) is 18.8. The molecule has 9 heteroatoms. The van der Waals surface area contributed by atoms with Gasteiger partial charge in [0.05, 0.1) is 4.34 Å². The monoisotopic (exact) mass is 402 g/mol. The molecule has 0 aliphatic heterocycles. The molecular formula is C16H19ClN2O4S2. The van der Waals surface area contributed by atoms with Crippen molar-refractivity contribution in [3.63, 3.8) is 0 Å². The molecule has 0 aliphatic carbocycles. The van der Waals surface area contributed by atoms with Crippen LogP contribution in [0.5, 0.6) is 0 Å². The van der Waals surface area contributed by atoms with Crippen LogP contribution in [0.2, 0.25) is 4.34 Å². The number of benzene rings is 1. The maximum Gasteiger partial charge on any atom is 0.412 e. The molecule has 2 aromatic rings. The molecule has 1 heterocycles. The summed E-state index contributed by atoms with van der Waals surface area (Å²) in [6.45, 7) is 7.07. The third-order valence-electron chi connectivity index (χ3n) is 2.93. The van der Waals surface area contributed by atoms with Crippen molar-refractivity contribution >= 4 is 50.4 Å². The van der Waals surface area contributed by atoms with Gasteiger partial charge in [-0.15, -0.1) is 11.3 Å². The predicted octanol–water partition coefficient (Wildman–Crippen LogP) is 4.86. The minimum Gasteiger partial charge on any atom is -0.444 e. The summed E-state index contributed by atoms with van der Waals surface area (Å²) in [7, 11) is -3.70. The molecule has 0 spiro atoms. The first kappa shape index (κ1) is 19.6. The number of aryl methyl sites for hydroxylation is 1. The quantitative estimate of drug-likeness (QED) is 0.764. The molecule has 0 saturated carbocycles. The normalized spacial score (nSPS) is 11.9. The van der Waals surface area contributed by atoms with Gasteiger partial charge in [0.25, 0.3) is 10.0 Å². The molecular weight excluding hydrogens is 384 g/mol. The average Bonchev–Trinajstić information content (AvgIpc) is 2.87. The van der Waals surface area contributed by atoms with Gasteiger partial charge in [-0.05, 0) is 63.6 Å². The highest BCUT2D eigenvalue weighted by molar-refractivity contribution is 7.94. The summed E-state index contributed by atoms with van der Waals surface area (Å²) in [5.41, 5.74) is 1.01. The van der Waals surface area contributed by atoms with Crippen molar-refractivity contribution in [1.82, 2.24) is 0 Å². The third-order valence-corrected chi connectivity index (χ3v) is 6.03. The summed E-state index contributed by atoms with van der Waals surface area (Å²) < 4.78 is 32.8. The summed E-state index contributed by atoms with van der Waals surface area (Å²) in [5.74, 6) is 0. The number of halogens is 1. The van der Waals surface area contributed by atoms with Crippen LogP contribution in [-0.2, 0) is 14.8 Å². The number of sulfonamides is 1. The van der Waals surface area contributed by atoms with E-state index in [0.29, 0.717) is 21.3 Å². The lowest BCUT2D eigenvalue weighted by Gasteiger charge is -2.20. The molecule has 2 rings (SSSR count). The first-order chi connectivity index (χ1) is 11.5. The molecule has 1 amide bonds. The number of anilines is 2. The Morgan fingerprint density at radius 3 is 2.40 bits per heavy atom. The minimum absolute atomic E-state index is 0.131. The highest BCUT2D eigenvalue weighted by Gasteiger charge is 2.19. The Bertz CT molecular complexity index is 886. The number of carbonyl (C=O) groups is 1. The first-order valence-corrected chi connectivity index (χ1v) is 10.0. The summed E-state index contributed by atoms with van der Waals surface area (Å²) in [4.78, 5) is 11.8. The van der Waals surface area contributed by atoms with Gasteiger partial charge in [0, 0.05) is 11.4 Å². The number of carbonyl (C=O) groups excluding carboxylic acids is 1. The van der Waals surface area contributed by atoms with Gasteiger partial charge < -0.3 is 4.74 Å². The molecule has 25 heavy (non-hydrogen) atoms. The molecule has 136 valence electrons. The van der Waals surface area contributed by atoms with Crippen LogP contribution in [0.3, 0.4) is 0 Å². The van der Waals surface area contributed by atoms with Crippen molar-refractivity contribution in [2.75, 3.05) is 10.0 Å². The van der Waals surface area contributed by atoms with Gasteiger partial charge in [-0.3, -0.25) is 10.0 Å². The topological polar surface area (TPSA) is 84.5 Å². The van der Waals surface area contributed by atoms with Crippen LogP contribution in [-0.4, -0.2) is 20.1 Å². The van der Waals surface area contributed by atoms with E-state index in [2.05, 4.69) is 10.0 Å². The van der Waals surface area contributed by atoms with Crippen LogP contribution in [0.25, 0.3) is 0 Å². The van der Waals surface area contributed by atoms with Crippen molar-refractivity contribution in [3.8, 4) is 0 Å². The van der Waals surface area contributed by atoms with Crippen LogP contribution in [0, 0.1) is 6.92 Å². The molecule has 0 fully saturated rings. The first-order valence-electron chi connectivity index (χ1n) is 7.35. The third kappa shape index (κ3) is 5.62. The SMILES string of the molecule is Cc1cc(NS(=O)(=O)c2ccc(Cl)s2)ccc1NC(=O)OC(C)(C)C. The number of rotatable bonds is 4. The Balaban J connectivity index is 2.13. The van der Waals surface area contributed by atoms with E-state index in [9.17, 15) is 13.2 Å². The summed E-state index contributed by atoms with van der Waals surface area (Å²) in [5, 5.41) is 2.64. The molecule has 0 radical (unpaired) electrons. The second-order valence-corrected chi connectivity index (χ2v) is 9.94. The number of hydrogen-bond donors (Lipinski definition) is 2. The molecule has 2 N–H and O–H groups in total. The van der Waals surface area contributed by atoms with Crippen molar-refractivity contribution in [1.29, 1.82) is 0 Å². The number of hydrogen-bond acceptors (Lipinski definition) is 5. The van der Waals surface area contributed by atoms with E-state index in [-0.39, 0.29) is 4.21 Å². The van der Waals surface area contributed by atoms with E-state index >= 15 is 0 Å². The fourth-order valence-electron chi connectivity index (χ4n) is 1.93. The van der Waals surface area contributed by atoms with Crippen molar-refractivity contribution < 1.29 is 17.9 Å². The van der Waals surface area contributed by atoms with Crippen LogP contribution >= 0.6 is 22.9 Å². The maximum absolute atomic E-state index is 12.3. The van der Waals surface area contributed by atoms with Crippen LogP contribution in [0.1, 0.15) is 26.3 Å². The zero-order valence-electron chi connectivity index (χ0n) is 14.2. The van der Waals surface area contributed by atoms with E-state index < -0.39 is 21.7 Å². The fourth-order valence-corrected chi connectivity index (χ4v) is 4.46. The number of amides is 1. The smallest absolute Gasteiger partial charge is 0.412 e. The van der Waals surface area contributed by atoms with Gasteiger partial charge in [-0.2, -0.15) is 0 Å². The number of thiophene rings is 1. The molecule has 0 saturated heterocycles. The standard InChI is InChI=1S/C16H19ClN2O4S2/c1-10-9-11(19-25(21,22)14-8-7-13(17)24-14)5-6-12(10)18-15(20)23-16(2,3)4/h5-9,19H,1-4H3,(H,18,20). The second-order valence-electron chi connectivity index (χ2n) is 6.32. The van der Waals surface area contributed by atoms with E-state index in [1.54, 1.807) is 45.9 Å². The lowest BCUT2D eigenvalue weighted by Crippen LogP contribution is -2.27. The van der Waals surface area contributed by atoms with Crippen molar-refractivity contribution in [3.05, 3.63) is 40.2 Å². The lowest BCUT2D eigenvalue weighted by molar-refractivity contribution is 0.0636. The molecule has 0 atom stereocenters. The summed E-state index contributed by atoms with van der Waals surface area (Å²) in [6, 6.07) is 7.77. The number of ether oxygens (including phenoxy) is 1. The molecule has 0 unspecified atom stereocenters. The Hall–Kier alpha value is -1.77.